The van der Waals surface area contributed by atoms with Gasteiger partial charge < -0.3 is 5.32 Å². The number of thioether (sulfide) groups is 1. The monoisotopic (exact) mass is 272 g/mol. The van der Waals surface area contributed by atoms with Crippen LogP contribution in [0.2, 0.25) is 0 Å². The summed E-state index contributed by atoms with van der Waals surface area (Å²) >= 11 is 1.64. The van der Waals surface area contributed by atoms with Crippen molar-refractivity contribution in [3.63, 3.8) is 0 Å². The van der Waals surface area contributed by atoms with Crippen LogP contribution < -0.4 is 5.32 Å². The molecule has 0 spiro atoms. The molecule has 2 nitrogen and oxygen atoms in total. The smallest absolute Gasteiger partial charge is 0.146 e. The Kier molecular flexibility index (Phi) is 4.43. The molecule has 0 radical (unpaired) electrons. The maximum Gasteiger partial charge on any atom is 0.146 e. The molecule has 0 fully saturated rings. The Morgan fingerprint density at radius 1 is 1.16 bits per heavy atom. The van der Waals surface area contributed by atoms with Gasteiger partial charge >= 0.3 is 0 Å². The van der Waals surface area contributed by atoms with Gasteiger partial charge in [0.15, 0.2) is 0 Å². The summed E-state index contributed by atoms with van der Waals surface area (Å²) in [5, 5.41) is 12.1. The molecule has 4 heteroatoms. The standard InChI is InChI=1S/C15H13FN2S/c1-19-12-8-6-11(7-9-12)15(10-17)18-14-5-3-2-4-13(14)16/h2-9,15,18H,1H3. The SMILES string of the molecule is CSc1ccc(C(C#N)Nc2ccccc2F)cc1. The van der Waals surface area contributed by atoms with E-state index in [1.807, 2.05) is 30.5 Å². The van der Waals surface area contributed by atoms with E-state index in [1.165, 1.54) is 6.07 Å². The van der Waals surface area contributed by atoms with E-state index in [0.29, 0.717) is 5.69 Å². The van der Waals surface area contributed by atoms with Crippen molar-refractivity contribution >= 4 is 17.4 Å². The van der Waals surface area contributed by atoms with Gasteiger partial charge in [0, 0.05) is 4.90 Å². The van der Waals surface area contributed by atoms with Crippen molar-refractivity contribution in [1.29, 1.82) is 5.26 Å². The highest BCUT2D eigenvalue weighted by atomic mass is 32.2. The fraction of sp³-hybridized carbons (Fsp3) is 0.133. The highest BCUT2D eigenvalue weighted by Gasteiger charge is 2.12. The molecule has 1 N–H and O–H groups in total. The maximum absolute atomic E-state index is 13.5. The lowest BCUT2D eigenvalue weighted by atomic mass is 10.1. The van der Waals surface area contributed by atoms with Crippen LogP contribution in [0.1, 0.15) is 11.6 Å². The zero-order valence-electron chi connectivity index (χ0n) is 10.4. The zero-order chi connectivity index (χ0) is 13.7. The van der Waals surface area contributed by atoms with Crippen LogP contribution in [-0.4, -0.2) is 6.26 Å². The van der Waals surface area contributed by atoms with Crippen molar-refractivity contribution in [2.24, 2.45) is 0 Å². The van der Waals surface area contributed by atoms with Crippen molar-refractivity contribution in [1.82, 2.24) is 0 Å². The van der Waals surface area contributed by atoms with Gasteiger partial charge in [0.05, 0.1) is 11.8 Å². The fourth-order valence-corrected chi connectivity index (χ4v) is 2.13. The van der Waals surface area contributed by atoms with Gasteiger partial charge in [-0.25, -0.2) is 4.39 Å². The summed E-state index contributed by atoms with van der Waals surface area (Å²) in [6, 6.07) is 15.6. The van der Waals surface area contributed by atoms with Gasteiger partial charge in [0.25, 0.3) is 0 Å². The molecule has 2 aromatic carbocycles. The number of hydrogen-bond acceptors (Lipinski definition) is 3. The van der Waals surface area contributed by atoms with E-state index in [-0.39, 0.29) is 5.82 Å². The summed E-state index contributed by atoms with van der Waals surface area (Å²) in [6.07, 6.45) is 1.99. The van der Waals surface area contributed by atoms with Gasteiger partial charge in [-0.05, 0) is 36.1 Å². The molecular weight excluding hydrogens is 259 g/mol. The average molecular weight is 272 g/mol. The molecule has 96 valence electrons. The lowest BCUT2D eigenvalue weighted by Gasteiger charge is -2.14. The third kappa shape index (κ3) is 3.27. The minimum atomic E-state index is -0.562. The Morgan fingerprint density at radius 2 is 1.84 bits per heavy atom. The van der Waals surface area contributed by atoms with Crippen LogP contribution in [0.25, 0.3) is 0 Å². The third-order valence-electron chi connectivity index (χ3n) is 2.75. The predicted molar refractivity (Wildman–Crippen MR) is 76.6 cm³/mol. The Hall–Kier alpha value is -1.99. The molecule has 2 aromatic rings. The molecule has 0 aliphatic rings. The molecule has 0 heterocycles. The highest BCUT2D eigenvalue weighted by Crippen LogP contribution is 2.23. The van der Waals surface area contributed by atoms with E-state index in [9.17, 15) is 9.65 Å². The number of hydrogen-bond donors (Lipinski definition) is 1. The Labute approximate surface area is 116 Å². The number of para-hydroxylation sites is 1. The molecule has 19 heavy (non-hydrogen) atoms. The second kappa shape index (κ2) is 6.26. The van der Waals surface area contributed by atoms with E-state index in [2.05, 4.69) is 11.4 Å². The number of nitriles is 1. The number of nitrogens with zero attached hydrogens (tertiary/aromatic N) is 1. The molecular formula is C15H13FN2S. The quantitative estimate of drug-likeness (QED) is 0.846. The maximum atomic E-state index is 13.5. The highest BCUT2D eigenvalue weighted by molar-refractivity contribution is 7.98. The normalized spacial score (nSPS) is 11.6. The van der Waals surface area contributed by atoms with E-state index < -0.39 is 6.04 Å². The molecule has 0 bridgehead atoms. The summed E-state index contributed by atoms with van der Waals surface area (Å²) in [5.41, 5.74) is 1.16. The topological polar surface area (TPSA) is 35.8 Å². The summed E-state index contributed by atoms with van der Waals surface area (Å²) in [4.78, 5) is 1.13. The molecule has 0 amide bonds. The van der Waals surface area contributed by atoms with Crippen LogP contribution in [0.3, 0.4) is 0 Å². The first-order valence-corrected chi connectivity index (χ1v) is 7.01. The van der Waals surface area contributed by atoms with Crippen LogP contribution in [0.5, 0.6) is 0 Å². The zero-order valence-corrected chi connectivity index (χ0v) is 11.2. The number of rotatable bonds is 4. The largest absolute Gasteiger partial charge is 0.364 e. The lowest BCUT2D eigenvalue weighted by molar-refractivity contribution is 0.629. The minimum Gasteiger partial charge on any atom is -0.364 e. The first kappa shape index (κ1) is 13.4. The van der Waals surface area contributed by atoms with Crippen LogP contribution >= 0.6 is 11.8 Å². The Morgan fingerprint density at radius 3 is 2.42 bits per heavy atom. The summed E-state index contributed by atoms with van der Waals surface area (Å²) < 4.78 is 13.5. The molecule has 0 saturated heterocycles. The van der Waals surface area contributed by atoms with Crippen LogP contribution in [0.15, 0.2) is 53.4 Å². The molecule has 0 aliphatic carbocycles. The Bertz CT molecular complexity index is 590. The fourth-order valence-electron chi connectivity index (χ4n) is 1.72. The lowest BCUT2D eigenvalue weighted by Crippen LogP contribution is -2.09. The third-order valence-corrected chi connectivity index (χ3v) is 3.50. The van der Waals surface area contributed by atoms with Gasteiger partial charge in [-0.3, -0.25) is 0 Å². The van der Waals surface area contributed by atoms with Gasteiger partial charge in [0.1, 0.15) is 11.9 Å². The van der Waals surface area contributed by atoms with E-state index >= 15 is 0 Å². The van der Waals surface area contributed by atoms with Gasteiger partial charge in [-0.15, -0.1) is 11.8 Å². The molecule has 0 aromatic heterocycles. The van der Waals surface area contributed by atoms with Crippen molar-refractivity contribution in [3.8, 4) is 6.07 Å². The van der Waals surface area contributed by atoms with E-state index in [4.69, 9.17) is 0 Å². The molecule has 0 saturated carbocycles. The van der Waals surface area contributed by atoms with Crippen molar-refractivity contribution < 1.29 is 4.39 Å². The van der Waals surface area contributed by atoms with E-state index in [0.717, 1.165) is 10.5 Å². The number of anilines is 1. The average Bonchev–Trinajstić information content (AvgIpc) is 2.47. The first-order valence-electron chi connectivity index (χ1n) is 5.79. The summed E-state index contributed by atoms with van der Waals surface area (Å²) in [5.74, 6) is -0.358. The number of benzene rings is 2. The van der Waals surface area contributed by atoms with Crippen molar-refractivity contribution in [2.75, 3.05) is 11.6 Å². The van der Waals surface area contributed by atoms with Crippen molar-refractivity contribution in [2.45, 2.75) is 10.9 Å². The Balaban J connectivity index is 2.21. The molecule has 1 atom stereocenters. The second-order valence-electron chi connectivity index (χ2n) is 3.96. The minimum absolute atomic E-state index is 0.336. The van der Waals surface area contributed by atoms with Crippen LogP contribution in [0.4, 0.5) is 10.1 Å². The van der Waals surface area contributed by atoms with Gasteiger partial charge in [0.2, 0.25) is 0 Å². The number of nitrogens with one attached hydrogen (secondary N) is 1. The van der Waals surface area contributed by atoms with Crippen LogP contribution in [-0.2, 0) is 0 Å². The number of halogens is 1. The predicted octanol–water partition coefficient (Wildman–Crippen LogP) is 4.22. The molecule has 2 rings (SSSR count). The first-order chi connectivity index (χ1) is 9.24. The molecule has 0 aliphatic heterocycles. The summed E-state index contributed by atoms with van der Waals surface area (Å²) in [6.45, 7) is 0. The van der Waals surface area contributed by atoms with Crippen LogP contribution in [0, 0.1) is 17.1 Å². The molecule has 1 unspecified atom stereocenters. The van der Waals surface area contributed by atoms with E-state index in [1.54, 1.807) is 30.0 Å². The van der Waals surface area contributed by atoms with Gasteiger partial charge in [-0.2, -0.15) is 5.26 Å². The van der Waals surface area contributed by atoms with Crippen molar-refractivity contribution in [3.05, 3.63) is 59.9 Å². The van der Waals surface area contributed by atoms with Gasteiger partial charge in [-0.1, -0.05) is 24.3 Å². The summed E-state index contributed by atoms with van der Waals surface area (Å²) in [7, 11) is 0. The second-order valence-corrected chi connectivity index (χ2v) is 4.84.